The highest BCUT2D eigenvalue weighted by molar-refractivity contribution is 7.13. The lowest BCUT2D eigenvalue weighted by molar-refractivity contribution is -0.137. The minimum Gasteiger partial charge on any atom is -0.336 e. The van der Waals surface area contributed by atoms with E-state index < -0.39 is 11.7 Å². The van der Waals surface area contributed by atoms with Gasteiger partial charge in [0.2, 0.25) is 0 Å². The first-order valence-corrected chi connectivity index (χ1v) is 10.3. The van der Waals surface area contributed by atoms with Crippen LogP contribution in [0.4, 0.5) is 13.2 Å². The predicted molar refractivity (Wildman–Crippen MR) is 102 cm³/mol. The Morgan fingerprint density at radius 3 is 2.59 bits per heavy atom. The molecule has 1 amide bonds. The number of carbonyl (C=O) groups is 2. The van der Waals surface area contributed by atoms with Gasteiger partial charge in [-0.2, -0.15) is 13.2 Å². The van der Waals surface area contributed by atoms with Gasteiger partial charge in [0.05, 0.1) is 22.7 Å². The van der Waals surface area contributed by atoms with Gasteiger partial charge in [-0.25, -0.2) is 4.98 Å². The van der Waals surface area contributed by atoms with Crippen LogP contribution in [0.5, 0.6) is 0 Å². The zero-order chi connectivity index (χ0) is 20.6. The van der Waals surface area contributed by atoms with Crippen molar-refractivity contribution in [2.24, 2.45) is 0 Å². The Kier molecular flexibility index (Phi) is 5.44. The maximum atomic E-state index is 12.9. The molecule has 2 aromatic rings. The number of benzene rings is 1. The van der Waals surface area contributed by atoms with Crippen molar-refractivity contribution in [2.75, 3.05) is 26.2 Å². The zero-order valence-corrected chi connectivity index (χ0v) is 16.5. The van der Waals surface area contributed by atoms with E-state index in [1.807, 2.05) is 0 Å². The number of rotatable bonds is 3. The monoisotopic (exact) mass is 423 g/mol. The molecule has 1 aromatic carbocycles. The number of fused-ring (bicyclic) bond motifs is 1. The van der Waals surface area contributed by atoms with Crippen LogP contribution in [-0.4, -0.2) is 52.7 Å². The number of ketones is 1. The van der Waals surface area contributed by atoms with Gasteiger partial charge in [-0.1, -0.05) is 6.07 Å². The smallest absolute Gasteiger partial charge is 0.336 e. The molecule has 4 rings (SSSR count). The van der Waals surface area contributed by atoms with Crippen LogP contribution in [-0.2, 0) is 19.1 Å². The second-order valence-electron chi connectivity index (χ2n) is 7.31. The summed E-state index contributed by atoms with van der Waals surface area (Å²) in [6.07, 6.45) is -2.18. The van der Waals surface area contributed by atoms with E-state index in [4.69, 9.17) is 0 Å². The van der Waals surface area contributed by atoms with Crippen molar-refractivity contribution < 1.29 is 22.8 Å². The molecule has 1 aliphatic carbocycles. The number of Topliss-reactive ketones (excluding diaryl/α,β-unsaturated/α-hetero) is 1. The van der Waals surface area contributed by atoms with Crippen LogP contribution in [0.1, 0.15) is 49.1 Å². The maximum Gasteiger partial charge on any atom is 0.416 e. The summed E-state index contributed by atoms with van der Waals surface area (Å²) < 4.78 is 38.7. The van der Waals surface area contributed by atoms with E-state index in [1.54, 1.807) is 4.90 Å². The number of nitrogens with zero attached hydrogens (tertiary/aromatic N) is 3. The molecule has 2 heterocycles. The Labute approximate surface area is 170 Å². The van der Waals surface area contributed by atoms with E-state index in [0.717, 1.165) is 40.6 Å². The Morgan fingerprint density at radius 1 is 1.14 bits per heavy atom. The summed E-state index contributed by atoms with van der Waals surface area (Å²) in [5.74, 6) is -0.211. The van der Waals surface area contributed by atoms with Crippen molar-refractivity contribution in [2.45, 2.75) is 32.0 Å². The van der Waals surface area contributed by atoms with Crippen LogP contribution in [0.2, 0.25) is 0 Å². The summed E-state index contributed by atoms with van der Waals surface area (Å²) in [5, 5.41) is 0.905. The van der Waals surface area contributed by atoms with Gasteiger partial charge in [-0.15, -0.1) is 11.3 Å². The second kappa shape index (κ2) is 7.87. The minimum atomic E-state index is -4.47. The first kappa shape index (κ1) is 20.0. The number of amides is 1. The van der Waals surface area contributed by atoms with Crippen LogP contribution in [0, 0.1) is 0 Å². The van der Waals surface area contributed by atoms with Crippen LogP contribution >= 0.6 is 11.3 Å². The van der Waals surface area contributed by atoms with Gasteiger partial charge < -0.3 is 4.90 Å². The maximum absolute atomic E-state index is 12.9. The average molecular weight is 423 g/mol. The molecule has 1 saturated heterocycles. The van der Waals surface area contributed by atoms with Gasteiger partial charge in [-0.3, -0.25) is 14.5 Å². The first-order valence-electron chi connectivity index (χ1n) is 9.52. The standard InChI is InChI=1S/C20H20F3N3O2S/c21-20(22,23)14-4-1-3-13(11-14)19(28)26-9-7-25(8-10-26)12-17-24-15-5-2-6-16(27)18(15)29-17/h1,3-4,11H,2,5-10,12H2. The molecule has 0 bridgehead atoms. The van der Waals surface area contributed by atoms with Crippen LogP contribution in [0.25, 0.3) is 0 Å². The fourth-order valence-electron chi connectivity index (χ4n) is 3.70. The van der Waals surface area contributed by atoms with Crippen LogP contribution < -0.4 is 0 Å². The summed E-state index contributed by atoms with van der Waals surface area (Å²) in [6, 6.07) is 4.55. The highest BCUT2D eigenvalue weighted by Gasteiger charge is 2.32. The van der Waals surface area contributed by atoms with Gasteiger partial charge >= 0.3 is 6.18 Å². The van der Waals surface area contributed by atoms with Crippen LogP contribution in [0.15, 0.2) is 24.3 Å². The topological polar surface area (TPSA) is 53.5 Å². The van der Waals surface area contributed by atoms with Crippen molar-refractivity contribution >= 4 is 23.0 Å². The molecule has 5 nitrogen and oxygen atoms in total. The van der Waals surface area contributed by atoms with E-state index in [2.05, 4.69) is 9.88 Å². The molecule has 0 saturated carbocycles. The second-order valence-corrected chi connectivity index (χ2v) is 8.39. The Hall–Kier alpha value is -2.26. The molecular formula is C20H20F3N3O2S. The summed E-state index contributed by atoms with van der Waals surface area (Å²) in [7, 11) is 0. The SMILES string of the molecule is O=C1CCCc2nc(CN3CCN(C(=O)c4cccc(C(F)(F)F)c4)CC3)sc21. The summed E-state index contributed by atoms with van der Waals surface area (Å²) >= 11 is 1.46. The Morgan fingerprint density at radius 2 is 1.90 bits per heavy atom. The number of thiazole rings is 1. The lowest BCUT2D eigenvalue weighted by Crippen LogP contribution is -2.48. The van der Waals surface area contributed by atoms with Crippen molar-refractivity contribution in [1.82, 2.24) is 14.8 Å². The van der Waals surface area contributed by atoms with E-state index in [0.29, 0.717) is 39.1 Å². The summed E-state index contributed by atoms with van der Waals surface area (Å²) in [5.41, 5.74) is 0.142. The number of hydrogen-bond acceptors (Lipinski definition) is 5. The van der Waals surface area contributed by atoms with Crippen molar-refractivity contribution in [3.8, 4) is 0 Å². The Balaban J connectivity index is 1.36. The van der Waals surface area contributed by atoms with Gasteiger partial charge in [0.15, 0.2) is 5.78 Å². The van der Waals surface area contributed by atoms with E-state index in [1.165, 1.54) is 23.5 Å². The van der Waals surface area contributed by atoms with Gasteiger partial charge in [-0.05, 0) is 31.0 Å². The molecule has 29 heavy (non-hydrogen) atoms. The summed E-state index contributed by atoms with van der Waals surface area (Å²) in [4.78, 5) is 33.7. The molecule has 0 spiro atoms. The van der Waals surface area contributed by atoms with Gasteiger partial charge in [0, 0.05) is 38.2 Å². The molecule has 0 atom stereocenters. The number of alkyl halides is 3. The quantitative estimate of drug-likeness (QED) is 0.757. The molecule has 1 aromatic heterocycles. The van der Waals surface area contributed by atoms with Gasteiger partial charge in [0.25, 0.3) is 5.91 Å². The fourth-order valence-corrected chi connectivity index (χ4v) is 4.82. The molecule has 1 fully saturated rings. The predicted octanol–water partition coefficient (Wildman–Crippen LogP) is 3.64. The molecule has 154 valence electrons. The highest BCUT2D eigenvalue weighted by Crippen LogP contribution is 2.30. The van der Waals surface area contributed by atoms with Crippen molar-refractivity contribution in [3.63, 3.8) is 0 Å². The number of halogens is 3. The van der Waals surface area contributed by atoms with Crippen molar-refractivity contribution in [3.05, 3.63) is 51.0 Å². The number of hydrogen-bond donors (Lipinski definition) is 0. The van der Waals surface area contributed by atoms with Crippen LogP contribution in [0.3, 0.4) is 0 Å². The lowest BCUT2D eigenvalue weighted by atomic mass is 10.0. The van der Waals surface area contributed by atoms with E-state index in [-0.39, 0.29) is 17.3 Å². The third-order valence-electron chi connectivity index (χ3n) is 5.27. The number of aromatic nitrogens is 1. The first-order chi connectivity index (χ1) is 13.8. The molecule has 1 aliphatic heterocycles. The largest absolute Gasteiger partial charge is 0.416 e. The van der Waals surface area contributed by atoms with E-state index in [9.17, 15) is 22.8 Å². The molecule has 0 unspecified atom stereocenters. The third kappa shape index (κ3) is 4.35. The summed E-state index contributed by atoms with van der Waals surface area (Å²) in [6.45, 7) is 2.74. The Bertz CT molecular complexity index is 933. The lowest BCUT2D eigenvalue weighted by Gasteiger charge is -2.34. The van der Waals surface area contributed by atoms with Gasteiger partial charge in [0.1, 0.15) is 5.01 Å². The molecule has 0 radical (unpaired) electrons. The van der Waals surface area contributed by atoms with Crippen molar-refractivity contribution in [1.29, 1.82) is 0 Å². The normalized spacial score (nSPS) is 18.0. The number of piperazine rings is 1. The fraction of sp³-hybridized carbons (Fsp3) is 0.450. The number of carbonyl (C=O) groups excluding carboxylic acids is 2. The molecule has 0 N–H and O–H groups in total. The molecule has 9 heteroatoms. The highest BCUT2D eigenvalue weighted by atomic mass is 32.1. The molecule has 2 aliphatic rings. The minimum absolute atomic E-state index is 0.0550. The molecular weight excluding hydrogens is 403 g/mol. The zero-order valence-electron chi connectivity index (χ0n) is 15.7. The van der Waals surface area contributed by atoms with E-state index >= 15 is 0 Å². The average Bonchev–Trinajstić information content (AvgIpc) is 3.11. The number of aryl methyl sites for hydroxylation is 1. The third-order valence-corrected chi connectivity index (χ3v) is 6.39.